The minimum Gasteiger partial charge on any atom is -0.392 e. The predicted octanol–water partition coefficient (Wildman–Crippen LogP) is 2.45. The molecule has 0 saturated carbocycles. The van der Waals surface area contributed by atoms with Crippen LogP contribution in [0.25, 0.3) is 5.57 Å². The summed E-state index contributed by atoms with van der Waals surface area (Å²) in [4.78, 5) is 13.0. The van der Waals surface area contributed by atoms with Gasteiger partial charge in [-0.05, 0) is 12.1 Å². The van der Waals surface area contributed by atoms with Gasteiger partial charge in [-0.1, -0.05) is 18.2 Å². The van der Waals surface area contributed by atoms with E-state index < -0.39 is 19.0 Å². The summed E-state index contributed by atoms with van der Waals surface area (Å²) in [6.07, 6.45) is 0.662. The Morgan fingerprint density at radius 1 is 1.47 bits per heavy atom. The average molecular weight is 267 g/mol. The Bertz CT molecular complexity index is 526. The number of nitrogens with zero attached hydrogens (tertiary/aromatic N) is 1. The highest BCUT2D eigenvalue weighted by Crippen LogP contribution is 2.42. The molecule has 0 atom stereocenters. The van der Waals surface area contributed by atoms with E-state index >= 15 is 0 Å². The van der Waals surface area contributed by atoms with Gasteiger partial charge >= 0.3 is 0 Å². The number of fused-ring (bicyclic) bond motifs is 1. The van der Waals surface area contributed by atoms with Gasteiger partial charge in [0, 0.05) is 31.0 Å². The van der Waals surface area contributed by atoms with Crippen LogP contribution in [0.1, 0.15) is 18.9 Å². The molecular weight excluding hydrogens is 252 g/mol. The first-order valence-corrected chi connectivity index (χ1v) is 6.04. The number of rotatable bonds is 1. The summed E-state index contributed by atoms with van der Waals surface area (Å²) >= 11 is 0. The quantitative estimate of drug-likeness (QED) is 0.849. The largest absolute Gasteiger partial charge is 0.392 e. The minimum absolute atomic E-state index is 0.0396. The number of aliphatic hydroxyl groups is 1. The third kappa shape index (κ3) is 2.51. The van der Waals surface area contributed by atoms with Crippen molar-refractivity contribution in [3.05, 3.63) is 35.9 Å². The van der Waals surface area contributed by atoms with Crippen LogP contribution in [-0.4, -0.2) is 30.1 Å². The predicted molar refractivity (Wildman–Crippen MR) is 69.1 cm³/mol. The second kappa shape index (κ2) is 5.09. The highest BCUT2D eigenvalue weighted by Gasteiger charge is 2.39. The number of hydrogen-bond acceptors (Lipinski definition) is 2. The van der Waals surface area contributed by atoms with Crippen LogP contribution in [-0.2, 0) is 4.79 Å². The molecule has 19 heavy (non-hydrogen) atoms. The zero-order valence-electron chi connectivity index (χ0n) is 10.6. The van der Waals surface area contributed by atoms with E-state index in [-0.39, 0.29) is 18.0 Å². The van der Waals surface area contributed by atoms with Crippen LogP contribution in [0.3, 0.4) is 0 Å². The van der Waals surface area contributed by atoms with Gasteiger partial charge in [-0.2, -0.15) is 0 Å². The molecule has 102 valence electrons. The monoisotopic (exact) mass is 267 g/mol. The molecule has 1 aromatic rings. The number of alkyl halides is 2. The van der Waals surface area contributed by atoms with E-state index in [9.17, 15) is 13.6 Å². The van der Waals surface area contributed by atoms with Crippen molar-refractivity contribution in [2.24, 2.45) is 0 Å². The SMILES string of the molecule is CC(=O)N1CCC(F)(F)/C(=C/CO)c2ccccc21. The van der Waals surface area contributed by atoms with Crippen LogP contribution in [0.5, 0.6) is 0 Å². The minimum atomic E-state index is -3.05. The molecule has 1 aromatic carbocycles. The van der Waals surface area contributed by atoms with Gasteiger partial charge in [0.05, 0.1) is 12.3 Å². The molecule has 5 heteroatoms. The van der Waals surface area contributed by atoms with E-state index in [2.05, 4.69) is 0 Å². The summed E-state index contributed by atoms with van der Waals surface area (Å²) in [5.74, 6) is -3.32. The lowest BCUT2D eigenvalue weighted by Gasteiger charge is -2.20. The summed E-state index contributed by atoms with van der Waals surface area (Å²) < 4.78 is 28.2. The van der Waals surface area contributed by atoms with E-state index in [4.69, 9.17) is 5.11 Å². The molecule has 3 nitrogen and oxygen atoms in total. The zero-order valence-corrected chi connectivity index (χ0v) is 10.6. The highest BCUT2D eigenvalue weighted by atomic mass is 19.3. The Morgan fingerprint density at radius 3 is 2.79 bits per heavy atom. The summed E-state index contributed by atoms with van der Waals surface area (Å²) in [6, 6.07) is 6.54. The molecule has 2 rings (SSSR count). The van der Waals surface area contributed by atoms with Crippen LogP contribution in [0.2, 0.25) is 0 Å². The number of carbonyl (C=O) groups is 1. The smallest absolute Gasteiger partial charge is 0.275 e. The molecule has 1 amide bonds. The van der Waals surface area contributed by atoms with Crippen LogP contribution in [0.15, 0.2) is 30.3 Å². The van der Waals surface area contributed by atoms with E-state index in [1.807, 2.05) is 0 Å². The maximum absolute atomic E-state index is 14.1. The lowest BCUT2D eigenvalue weighted by atomic mass is 9.97. The van der Waals surface area contributed by atoms with E-state index in [1.54, 1.807) is 24.3 Å². The fourth-order valence-corrected chi connectivity index (χ4v) is 2.32. The molecule has 0 bridgehead atoms. The lowest BCUT2D eigenvalue weighted by molar-refractivity contribution is -0.116. The number of para-hydroxylation sites is 1. The third-order valence-electron chi connectivity index (χ3n) is 3.20. The van der Waals surface area contributed by atoms with Crippen molar-refractivity contribution in [2.75, 3.05) is 18.1 Å². The fourth-order valence-electron chi connectivity index (χ4n) is 2.32. The summed E-state index contributed by atoms with van der Waals surface area (Å²) in [6.45, 7) is 0.858. The number of benzene rings is 1. The van der Waals surface area contributed by atoms with Gasteiger partial charge in [-0.3, -0.25) is 4.79 Å². The van der Waals surface area contributed by atoms with Gasteiger partial charge in [0.15, 0.2) is 0 Å². The first-order chi connectivity index (χ1) is 8.97. The molecular formula is C14H15F2NO2. The number of carbonyl (C=O) groups excluding carboxylic acids is 1. The Hall–Kier alpha value is -1.75. The molecule has 1 N–H and O–H groups in total. The fraction of sp³-hybridized carbons (Fsp3) is 0.357. The number of aliphatic hydroxyl groups excluding tert-OH is 1. The van der Waals surface area contributed by atoms with Crippen molar-refractivity contribution < 1.29 is 18.7 Å². The zero-order chi connectivity index (χ0) is 14.0. The van der Waals surface area contributed by atoms with Gasteiger partial charge < -0.3 is 10.0 Å². The van der Waals surface area contributed by atoms with Crippen molar-refractivity contribution in [3.8, 4) is 0 Å². The van der Waals surface area contributed by atoms with E-state index in [0.717, 1.165) is 6.08 Å². The van der Waals surface area contributed by atoms with Gasteiger partial charge in [0.1, 0.15) is 0 Å². The van der Waals surface area contributed by atoms with Gasteiger partial charge in [-0.25, -0.2) is 8.78 Å². The van der Waals surface area contributed by atoms with Gasteiger partial charge in [0.2, 0.25) is 5.91 Å². The Morgan fingerprint density at radius 2 is 2.16 bits per heavy atom. The first kappa shape index (κ1) is 13.7. The number of hydrogen-bond donors (Lipinski definition) is 1. The van der Waals surface area contributed by atoms with Crippen molar-refractivity contribution >= 4 is 17.2 Å². The van der Waals surface area contributed by atoms with Gasteiger partial charge in [0.25, 0.3) is 5.92 Å². The maximum Gasteiger partial charge on any atom is 0.275 e. The van der Waals surface area contributed by atoms with Crippen LogP contribution < -0.4 is 4.90 Å². The molecule has 0 fully saturated rings. The molecule has 1 aliphatic rings. The molecule has 0 spiro atoms. The van der Waals surface area contributed by atoms with Crippen molar-refractivity contribution in [1.29, 1.82) is 0 Å². The molecule has 0 saturated heterocycles. The second-order valence-corrected chi connectivity index (χ2v) is 4.44. The molecule has 1 heterocycles. The standard InChI is InChI=1S/C14H15F2NO2/c1-10(19)17-8-7-14(15,16)12(6-9-18)11-4-2-3-5-13(11)17/h2-6,18H,7-9H2,1H3/b12-6+. The number of allylic oxidation sites excluding steroid dienone is 1. The normalized spacial score (nSPS) is 20.0. The molecule has 0 aliphatic carbocycles. The van der Waals surface area contributed by atoms with E-state index in [1.165, 1.54) is 11.8 Å². The number of halogens is 2. The molecule has 0 radical (unpaired) electrons. The molecule has 0 aromatic heterocycles. The molecule has 0 unspecified atom stereocenters. The van der Waals surface area contributed by atoms with Crippen LogP contribution in [0.4, 0.5) is 14.5 Å². The Labute approximate surface area is 110 Å². The highest BCUT2D eigenvalue weighted by molar-refractivity contribution is 5.96. The second-order valence-electron chi connectivity index (χ2n) is 4.44. The third-order valence-corrected chi connectivity index (χ3v) is 3.20. The van der Waals surface area contributed by atoms with Crippen molar-refractivity contribution in [1.82, 2.24) is 0 Å². The van der Waals surface area contributed by atoms with E-state index in [0.29, 0.717) is 11.3 Å². The summed E-state index contributed by atoms with van der Waals surface area (Å²) in [7, 11) is 0. The first-order valence-electron chi connectivity index (χ1n) is 6.04. The summed E-state index contributed by atoms with van der Waals surface area (Å²) in [5.41, 5.74) is 0.551. The van der Waals surface area contributed by atoms with Gasteiger partial charge in [-0.15, -0.1) is 0 Å². The lowest BCUT2D eigenvalue weighted by Crippen LogP contribution is -2.31. The topological polar surface area (TPSA) is 40.5 Å². The Balaban J connectivity index is 2.64. The Kier molecular flexibility index (Phi) is 3.66. The maximum atomic E-state index is 14.1. The van der Waals surface area contributed by atoms with Crippen LogP contribution in [0, 0.1) is 0 Å². The number of anilines is 1. The number of amides is 1. The summed E-state index contributed by atoms with van der Waals surface area (Å²) in [5, 5.41) is 8.95. The van der Waals surface area contributed by atoms with Crippen LogP contribution >= 0.6 is 0 Å². The van der Waals surface area contributed by atoms with Crippen molar-refractivity contribution in [3.63, 3.8) is 0 Å². The average Bonchev–Trinajstić information content (AvgIpc) is 2.46. The molecule has 1 aliphatic heterocycles. The van der Waals surface area contributed by atoms with Crippen molar-refractivity contribution in [2.45, 2.75) is 19.3 Å².